The summed E-state index contributed by atoms with van der Waals surface area (Å²) in [4.78, 5) is 15.8. The van der Waals surface area contributed by atoms with Gasteiger partial charge in [0.2, 0.25) is 0 Å². The maximum atomic E-state index is 17.1. The third kappa shape index (κ3) is 11.2. The maximum Gasteiger partial charge on any atom is 0.191 e. The lowest BCUT2D eigenvalue weighted by Crippen LogP contribution is -2.22. The number of aromatic nitrogens is 4. The Balaban J connectivity index is 1.45. The molecule has 0 radical (unpaired) electrons. The van der Waals surface area contributed by atoms with Crippen molar-refractivity contribution in [1.82, 2.24) is 19.9 Å². The molecule has 2 aliphatic heterocycles. The fourth-order valence-corrected chi connectivity index (χ4v) is 8.70. The standard InChI is InChI=1S/C56H46F8N4O12/c57-33-5-1-29(49(61)53(33)77-21-25(73)17-69)45-37-9-11-39(65-37)46(30-2-6-34(58)54(50(30)62)78-22-26(74)18-70)41-13-15-43(67-41)48(32-4-8-36(60)56(52(32)64)80-24-28(76)20-72)44-16-14-42(68-44)47(40-12-10-38(45)66-40)31-3-7-35(59)55(51(31)63)79-23-27(75)19-71/h1-16,25-28,65,68-76H,17-24H2. The Kier molecular flexibility index (Phi) is 17.0. The summed E-state index contributed by atoms with van der Waals surface area (Å²) in [5.41, 5.74) is -3.29. The van der Waals surface area contributed by atoms with Crippen LogP contribution in [-0.2, 0) is 0 Å². The van der Waals surface area contributed by atoms with Crippen LogP contribution in [0, 0.1) is 46.5 Å². The van der Waals surface area contributed by atoms with Crippen molar-refractivity contribution in [2.24, 2.45) is 0 Å². The monoisotopic (exact) mass is 1120 g/mol. The number of hydrogen-bond donors (Lipinski definition) is 10. The number of H-pyrrole nitrogens is 2. The molecule has 16 nitrogen and oxygen atoms in total. The summed E-state index contributed by atoms with van der Waals surface area (Å²) < 4.78 is 151. The van der Waals surface area contributed by atoms with Crippen LogP contribution in [0.3, 0.4) is 0 Å². The van der Waals surface area contributed by atoms with Gasteiger partial charge in [-0.3, -0.25) is 0 Å². The van der Waals surface area contributed by atoms with E-state index in [0.717, 1.165) is 48.5 Å². The van der Waals surface area contributed by atoms with Crippen LogP contribution in [0.1, 0.15) is 22.8 Å². The molecule has 0 aliphatic carbocycles. The van der Waals surface area contributed by atoms with Crippen molar-refractivity contribution in [2.75, 3.05) is 52.9 Å². The Labute approximate surface area is 447 Å². The van der Waals surface area contributed by atoms with Crippen LogP contribution in [-0.4, -0.2) is 138 Å². The van der Waals surface area contributed by atoms with Crippen molar-refractivity contribution in [3.8, 4) is 67.5 Å². The zero-order valence-corrected chi connectivity index (χ0v) is 41.3. The van der Waals surface area contributed by atoms with Crippen LogP contribution < -0.4 is 18.9 Å². The predicted octanol–water partition coefficient (Wildman–Crippen LogP) is 7.36. The molecule has 0 fully saturated rings. The lowest BCUT2D eigenvalue weighted by Gasteiger charge is -2.15. The first-order chi connectivity index (χ1) is 38.5. The zero-order valence-electron chi connectivity index (χ0n) is 41.3. The number of aliphatic hydroxyl groups excluding tert-OH is 8. The third-order valence-electron chi connectivity index (χ3n) is 12.6. The molecule has 4 unspecified atom stereocenters. The summed E-state index contributed by atoms with van der Waals surface area (Å²) in [6.45, 7) is -6.40. The lowest BCUT2D eigenvalue weighted by atomic mass is 10.0. The summed E-state index contributed by atoms with van der Waals surface area (Å²) in [5.74, 6) is -14.3. The normalized spacial score (nSPS) is 13.6. The van der Waals surface area contributed by atoms with E-state index in [1.165, 1.54) is 48.6 Å². The van der Waals surface area contributed by atoms with E-state index in [-0.39, 0.29) is 67.1 Å². The smallest absolute Gasteiger partial charge is 0.191 e. The van der Waals surface area contributed by atoms with Crippen molar-refractivity contribution >= 4 is 46.4 Å². The number of aliphatic hydroxyl groups is 8. The highest BCUT2D eigenvalue weighted by atomic mass is 19.2. The molecule has 0 amide bonds. The molecule has 0 saturated carbocycles. The third-order valence-corrected chi connectivity index (χ3v) is 12.6. The lowest BCUT2D eigenvalue weighted by molar-refractivity contribution is 0.0510. The average molecular weight is 1120 g/mol. The molecule has 24 heteroatoms. The van der Waals surface area contributed by atoms with Gasteiger partial charge in [0.1, 0.15) is 50.8 Å². The van der Waals surface area contributed by atoms with Crippen LogP contribution in [0.2, 0.25) is 0 Å². The Hall–Kier alpha value is -8.20. The second-order valence-electron chi connectivity index (χ2n) is 18.0. The van der Waals surface area contributed by atoms with E-state index in [2.05, 4.69) is 9.97 Å². The average Bonchev–Trinajstić information content (AvgIpc) is 4.50. The fourth-order valence-electron chi connectivity index (χ4n) is 8.70. The van der Waals surface area contributed by atoms with Gasteiger partial charge in [-0.05, 0) is 97.1 Å². The Morgan fingerprint density at radius 2 is 0.550 bits per heavy atom. The first-order valence-corrected chi connectivity index (χ1v) is 24.2. The summed E-state index contributed by atoms with van der Waals surface area (Å²) in [6.07, 6.45) is -0.927. The van der Waals surface area contributed by atoms with Crippen LogP contribution in [0.4, 0.5) is 35.1 Å². The van der Waals surface area contributed by atoms with E-state index >= 15 is 35.1 Å². The summed E-state index contributed by atoms with van der Waals surface area (Å²) in [7, 11) is 0. The van der Waals surface area contributed by atoms with Gasteiger partial charge in [0.05, 0.1) is 49.2 Å². The largest absolute Gasteiger partial charge is 0.485 e. The second-order valence-corrected chi connectivity index (χ2v) is 18.0. The Bertz CT molecular complexity index is 3270. The van der Waals surface area contributed by atoms with Crippen molar-refractivity contribution in [1.29, 1.82) is 0 Å². The molecule has 7 aromatic rings. The first kappa shape index (κ1) is 56.5. The van der Waals surface area contributed by atoms with Gasteiger partial charge in [-0.15, -0.1) is 0 Å². The van der Waals surface area contributed by atoms with E-state index in [1.54, 1.807) is 0 Å². The molecule has 2 aliphatic rings. The fraction of sp³-hybridized carbons (Fsp3) is 0.214. The van der Waals surface area contributed by atoms with Gasteiger partial charge < -0.3 is 69.8 Å². The van der Waals surface area contributed by atoms with Gasteiger partial charge in [0, 0.05) is 66.6 Å². The molecule has 8 bridgehead atoms. The number of benzene rings is 4. The summed E-state index contributed by atoms with van der Waals surface area (Å²) >= 11 is 0. The van der Waals surface area contributed by atoms with Crippen LogP contribution in [0.25, 0.3) is 90.9 Å². The number of ether oxygens (including phenoxy) is 4. The van der Waals surface area contributed by atoms with Crippen LogP contribution in [0.5, 0.6) is 23.0 Å². The number of fused-ring (bicyclic) bond motifs is 8. The molecular weight excluding hydrogens is 1070 g/mol. The van der Waals surface area contributed by atoms with Crippen molar-refractivity contribution < 1.29 is 94.9 Å². The number of halogens is 8. The highest BCUT2D eigenvalue weighted by Crippen LogP contribution is 2.44. The van der Waals surface area contributed by atoms with Gasteiger partial charge in [-0.2, -0.15) is 0 Å². The van der Waals surface area contributed by atoms with Gasteiger partial charge in [0.15, 0.2) is 69.5 Å². The summed E-state index contributed by atoms with van der Waals surface area (Å²) in [6, 6.07) is 12.9. The minimum atomic E-state index is -1.57. The first-order valence-electron chi connectivity index (χ1n) is 24.2. The zero-order chi connectivity index (χ0) is 57.1. The van der Waals surface area contributed by atoms with Gasteiger partial charge in [-0.25, -0.2) is 45.1 Å². The second kappa shape index (κ2) is 24.0. The van der Waals surface area contributed by atoms with E-state index in [0.29, 0.717) is 0 Å². The van der Waals surface area contributed by atoms with Crippen molar-refractivity contribution in [3.63, 3.8) is 0 Å². The molecule has 4 atom stereocenters. The molecule has 80 heavy (non-hydrogen) atoms. The minimum Gasteiger partial charge on any atom is -0.485 e. The van der Waals surface area contributed by atoms with E-state index < -0.39 is 169 Å². The van der Waals surface area contributed by atoms with Crippen molar-refractivity contribution in [2.45, 2.75) is 24.4 Å². The molecule has 0 saturated heterocycles. The molecule has 3 aromatic heterocycles. The molecule has 0 spiro atoms. The van der Waals surface area contributed by atoms with Crippen LogP contribution in [0.15, 0.2) is 72.8 Å². The molecule has 10 N–H and O–H groups in total. The summed E-state index contributed by atoms with van der Waals surface area (Å²) in [5, 5.41) is 77.8. The molecule has 5 heterocycles. The number of hydrogen-bond acceptors (Lipinski definition) is 14. The maximum absolute atomic E-state index is 17.1. The number of nitrogens with one attached hydrogen (secondary N) is 2. The van der Waals surface area contributed by atoms with Gasteiger partial charge in [0.25, 0.3) is 0 Å². The Morgan fingerprint density at radius 3 is 0.750 bits per heavy atom. The van der Waals surface area contributed by atoms with Crippen LogP contribution >= 0.6 is 0 Å². The topological polar surface area (TPSA) is 256 Å². The SMILES string of the molecule is OCC(O)COc1c(F)ccc(-c2c3nc(c(-c4ccc(F)c(OCC(O)CO)c4F)c4ccc([nH]4)c(-c4ccc(F)c(OCC(O)CO)c4F)c4nc(c(-c5ccc(F)c(OCC(O)CO)c5F)c5ccc2[nH]5)C=C4)C=C3)c1F. The van der Waals surface area contributed by atoms with Crippen molar-refractivity contribution in [3.05, 3.63) is 142 Å². The van der Waals surface area contributed by atoms with Gasteiger partial charge in [-0.1, -0.05) is 0 Å². The van der Waals surface area contributed by atoms with Gasteiger partial charge >= 0.3 is 0 Å². The number of rotatable bonds is 20. The highest BCUT2D eigenvalue weighted by Gasteiger charge is 2.29. The van der Waals surface area contributed by atoms with E-state index in [4.69, 9.17) is 28.9 Å². The number of nitrogens with zero attached hydrogens (tertiary/aromatic N) is 2. The Morgan fingerprint density at radius 1 is 0.338 bits per heavy atom. The molecule has 9 rings (SSSR count). The minimum absolute atomic E-state index is 0.0628. The number of aromatic amines is 2. The molecule has 4 aromatic carbocycles. The predicted molar refractivity (Wildman–Crippen MR) is 275 cm³/mol. The molecule has 418 valence electrons. The molecular formula is C56H46F8N4O12. The van der Waals surface area contributed by atoms with E-state index in [9.17, 15) is 40.9 Å². The quantitative estimate of drug-likeness (QED) is 0.0335. The highest BCUT2D eigenvalue weighted by molar-refractivity contribution is 6.00. The van der Waals surface area contributed by atoms with E-state index in [1.807, 2.05) is 0 Å².